The lowest BCUT2D eigenvalue weighted by atomic mass is 9.93. The van der Waals surface area contributed by atoms with Gasteiger partial charge in [-0.2, -0.15) is 0 Å². The number of rotatable bonds is 6. The van der Waals surface area contributed by atoms with Crippen LogP contribution in [0.4, 0.5) is 0 Å². The molecule has 4 heteroatoms. The van der Waals surface area contributed by atoms with E-state index in [4.69, 9.17) is 10.5 Å². The van der Waals surface area contributed by atoms with Crippen LogP contribution in [-0.4, -0.2) is 30.9 Å². The predicted molar refractivity (Wildman–Crippen MR) is 92.8 cm³/mol. The van der Waals surface area contributed by atoms with Gasteiger partial charge in [0.05, 0.1) is 5.56 Å². The van der Waals surface area contributed by atoms with Crippen molar-refractivity contribution in [3.8, 4) is 11.5 Å². The van der Waals surface area contributed by atoms with Crippen molar-refractivity contribution in [3.63, 3.8) is 0 Å². The monoisotopic (exact) mass is 312 g/mol. The molecular weight excluding hydrogens is 288 g/mol. The van der Waals surface area contributed by atoms with E-state index in [1.54, 1.807) is 18.0 Å². The van der Waals surface area contributed by atoms with Crippen LogP contribution in [0.2, 0.25) is 0 Å². The molecule has 0 saturated heterocycles. The minimum Gasteiger partial charge on any atom is -0.457 e. The molecule has 2 aromatic carbocycles. The summed E-state index contributed by atoms with van der Waals surface area (Å²) >= 11 is 0. The van der Waals surface area contributed by atoms with Gasteiger partial charge >= 0.3 is 0 Å². The molecule has 0 heterocycles. The third kappa shape index (κ3) is 4.57. The largest absolute Gasteiger partial charge is 0.457 e. The Kier molecular flexibility index (Phi) is 5.40. The smallest absolute Gasteiger partial charge is 0.257 e. The Hall–Kier alpha value is -2.33. The van der Waals surface area contributed by atoms with Crippen molar-refractivity contribution in [2.75, 3.05) is 20.1 Å². The first-order chi connectivity index (χ1) is 10.9. The van der Waals surface area contributed by atoms with Crippen molar-refractivity contribution in [1.82, 2.24) is 4.90 Å². The zero-order valence-electron chi connectivity index (χ0n) is 14.0. The van der Waals surface area contributed by atoms with E-state index in [0.29, 0.717) is 30.2 Å². The van der Waals surface area contributed by atoms with Gasteiger partial charge in [0, 0.05) is 13.6 Å². The summed E-state index contributed by atoms with van der Waals surface area (Å²) in [5.74, 6) is 1.19. The van der Waals surface area contributed by atoms with Gasteiger partial charge in [-0.1, -0.05) is 44.2 Å². The minimum absolute atomic E-state index is 0.0712. The Balaban J connectivity index is 2.21. The van der Waals surface area contributed by atoms with Crippen LogP contribution in [-0.2, 0) is 0 Å². The molecule has 122 valence electrons. The lowest BCUT2D eigenvalue weighted by Gasteiger charge is -2.29. The van der Waals surface area contributed by atoms with Gasteiger partial charge in [0.2, 0.25) is 0 Å². The summed E-state index contributed by atoms with van der Waals surface area (Å²) in [6.45, 7) is 5.20. The second kappa shape index (κ2) is 7.29. The van der Waals surface area contributed by atoms with Crippen molar-refractivity contribution in [2.45, 2.75) is 13.8 Å². The van der Waals surface area contributed by atoms with Crippen LogP contribution in [0.5, 0.6) is 11.5 Å². The van der Waals surface area contributed by atoms with Crippen LogP contribution < -0.4 is 10.5 Å². The van der Waals surface area contributed by atoms with E-state index in [0.717, 1.165) is 0 Å². The first-order valence-corrected chi connectivity index (χ1v) is 7.70. The number of carbonyl (C=O) groups is 1. The van der Waals surface area contributed by atoms with E-state index in [1.807, 2.05) is 62.4 Å². The molecule has 0 unspecified atom stereocenters. The van der Waals surface area contributed by atoms with Gasteiger partial charge in [0.25, 0.3) is 5.91 Å². The third-order valence-electron chi connectivity index (χ3n) is 3.65. The molecule has 23 heavy (non-hydrogen) atoms. The molecule has 0 atom stereocenters. The molecule has 2 aromatic rings. The van der Waals surface area contributed by atoms with Crippen LogP contribution in [0.3, 0.4) is 0 Å². The highest BCUT2D eigenvalue weighted by Crippen LogP contribution is 2.26. The summed E-state index contributed by atoms with van der Waals surface area (Å²) in [5.41, 5.74) is 6.19. The molecular formula is C19H24N2O2. The fraction of sp³-hybridized carbons (Fsp3) is 0.316. The topological polar surface area (TPSA) is 55.6 Å². The van der Waals surface area contributed by atoms with Gasteiger partial charge in [0.1, 0.15) is 11.5 Å². The Morgan fingerprint density at radius 1 is 1.09 bits per heavy atom. The molecule has 0 saturated carbocycles. The Morgan fingerprint density at radius 2 is 1.70 bits per heavy atom. The summed E-state index contributed by atoms with van der Waals surface area (Å²) in [7, 11) is 1.79. The highest BCUT2D eigenvalue weighted by Gasteiger charge is 2.23. The number of benzene rings is 2. The number of ether oxygens (including phenoxy) is 1. The third-order valence-corrected chi connectivity index (χ3v) is 3.65. The first kappa shape index (κ1) is 17.0. The van der Waals surface area contributed by atoms with E-state index in [1.165, 1.54) is 0 Å². The van der Waals surface area contributed by atoms with Crippen molar-refractivity contribution >= 4 is 5.91 Å². The number of amides is 1. The molecule has 0 spiro atoms. The quantitative estimate of drug-likeness (QED) is 0.887. The number of nitrogens with two attached hydrogens (primary N) is 1. The standard InChI is InChI=1S/C19H24N2O2/c1-19(2,13-20)14-21(3)18(22)16-11-7-8-12-17(16)23-15-9-5-4-6-10-15/h4-12H,13-14,20H2,1-3H3. The second-order valence-corrected chi connectivity index (χ2v) is 6.44. The molecule has 0 aliphatic heterocycles. The van der Waals surface area contributed by atoms with Gasteiger partial charge < -0.3 is 15.4 Å². The molecule has 2 N–H and O–H groups in total. The minimum atomic E-state index is -0.125. The Bertz CT molecular complexity index is 653. The van der Waals surface area contributed by atoms with E-state index >= 15 is 0 Å². The maximum Gasteiger partial charge on any atom is 0.257 e. The number of para-hydroxylation sites is 2. The molecule has 0 aliphatic carbocycles. The molecule has 0 aliphatic rings. The van der Waals surface area contributed by atoms with Gasteiger partial charge in [-0.3, -0.25) is 4.79 Å². The molecule has 0 fully saturated rings. The molecule has 2 rings (SSSR count). The van der Waals surface area contributed by atoms with Gasteiger partial charge in [-0.25, -0.2) is 0 Å². The van der Waals surface area contributed by atoms with Gasteiger partial charge in [-0.05, 0) is 36.2 Å². The molecule has 4 nitrogen and oxygen atoms in total. The normalized spacial score (nSPS) is 11.1. The summed E-state index contributed by atoms with van der Waals surface area (Å²) in [5, 5.41) is 0. The van der Waals surface area contributed by atoms with Crippen LogP contribution in [0.1, 0.15) is 24.2 Å². The zero-order valence-corrected chi connectivity index (χ0v) is 14.0. The van der Waals surface area contributed by atoms with Crippen LogP contribution in [0.25, 0.3) is 0 Å². The molecule has 0 bridgehead atoms. The highest BCUT2D eigenvalue weighted by molar-refractivity contribution is 5.96. The first-order valence-electron chi connectivity index (χ1n) is 7.70. The number of carbonyl (C=O) groups excluding carboxylic acids is 1. The van der Waals surface area contributed by atoms with Crippen LogP contribution in [0.15, 0.2) is 54.6 Å². The van der Waals surface area contributed by atoms with Gasteiger partial charge in [0.15, 0.2) is 0 Å². The SMILES string of the molecule is CN(CC(C)(C)CN)C(=O)c1ccccc1Oc1ccccc1. The van der Waals surface area contributed by atoms with Crippen molar-refractivity contribution in [2.24, 2.45) is 11.1 Å². The van der Waals surface area contributed by atoms with E-state index in [2.05, 4.69) is 0 Å². The number of hydrogen-bond donors (Lipinski definition) is 1. The lowest BCUT2D eigenvalue weighted by Crippen LogP contribution is -2.39. The summed E-state index contributed by atoms with van der Waals surface area (Å²) < 4.78 is 5.87. The van der Waals surface area contributed by atoms with E-state index < -0.39 is 0 Å². The Morgan fingerprint density at radius 3 is 2.35 bits per heavy atom. The van der Waals surface area contributed by atoms with Crippen molar-refractivity contribution < 1.29 is 9.53 Å². The maximum atomic E-state index is 12.8. The fourth-order valence-electron chi connectivity index (χ4n) is 2.33. The summed E-state index contributed by atoms with van der Waals surface area (Å²) in [6.07, 6.45) is 0. The number of nitrogens with zero attached hydrogens (tertiary/aromatic N) is 1. The Labute approximate surface area is 137 Å². The molecule has 0 aromatic heterocycles. The summed E-state index contributed by atoms with van der Waals surface area (Å²) in [4.78, 5) is 14.4. The van der Waals surface area contributed by atoms with Gasteiger partial charge in [-0.15, -0.1) is 0 Å². The number of hydrogen-bond acceptors (Lipinski definition) is 3. The summed E-state index contributed by atoms with van der Waals surface area (Å²) in [6, 6.07) is 16.7. The van der Waals surface area contributed by atoms with Crippen molar-refractivity contribution in [3.05, 3.63) is 60.2 Å². The maximum absolute atomic E-state index is 12.8. The van der Waals surface area contributed by atoms with E-state index in [9.17, 15) is 4.79 Å². The predicted octanol–water partition coefficient (Wildman–Crippen LogP) is 3.54. The average molecular weight is 312 g/mol. The molecule has 1 amide bonds. The highest BCUT2D eigenvalue weighted by atomic mass is 16.5. The van der Waals surface area contributed by atoms with Crippen LogP contribution >= 0.6 is 0 Å². The van der Waals surface area contributed by atoms with Crippen molar-refractivity contribution in [1.29, 1.82) is 0 Å². The fourth-order valence-corrected chi connectivity index (χ4v) is 2.33. The second-order valence-electron chi connectivity index (χ2n) is 6.44. The average Bonchev–Trinajstić information content (AvgIpc) is 2.55. The van der Waals surface area contributed by atoms with Crippen LogP contribution in [0, 0.1) is 5.41 Å². The molecule has 0 radical (unpaired) electrons. The zero-order chi connectivity index (χ0) is 16.9. The van der Waals surface area contributed by atoms with E-state index in [-0.39, 0.29) is 11.3 Å². The lowest BCUT2D eigenvalue weighted by molar-refractivity contribution is 0.0738.